The molecule has 0 saturated heterocycles. The highest BCUT2D eigenvalue weighted by atomic mass is 19.1. The van der Waals surface area contributed by atoms with Crippen molar-refractivity contribution in [2.75, 3.05) is 5.43 Å². The summed E-state index contributed by atoms with van der Waals surface area (Å²) in [4.78, 5) is 0. The lowest BCUT2D eigenvalue weighted by Crippen LogP contribution is -2.05. The molecule has 1 aromatic rings. The minimum absolute atomic E-state index is 0.189. The first-order chi connectivity index (χ1) is 8.25. The van der Waals surface area contributed by atoms with Crippen LogP contribution in [0.4, 0.5) is 14.5 Å². The molecule has 1 atom stereocenters. The number of benzene rings is 1. The Morgan fingerprint density at radius 3 is 2.88 bits per heavy atom. The topological polar surface area (TPSA) is 24.4 Å². The normalized spacial score (nSPS) is 19.8. The van der Waals surface area contributed by atoms with E-state index in [2.05, 4.69) is 22.7 Å². The van der Waals surface area contributed by atoms with Crippen molar-refractivity contribution in [2.45, 2.75) is 19.3 Å². The van der Waals surface area contributed by atoms with Crippen LogP contribution in [0.25, 0.3) is 0 Å². The Balaban J connectivity index is 1.92. The van der Waals surface area contributed by atoms with E-state index in [1.54, 1.807) is 6.21 Å². The van der Waals surface area contributed by atoms with E-state index < -0.39 is 11.6 Å². The van der Waals surface area contributed by atoms with Gasteiger partial charge in [0.1, 0.15) is 5.82 Å². The second-order valence-electron chi connectivity index (χ2n) is 4.06. The predicted octanol–water partition coefficient (Wildman–Crippen LogP) is 3.72. The zero-order valence-corrected chi connectivity index (χ0v) is 9.37. The van der Waals surface area contributed by atoms with Crippen LogP contribution in [0.1, 0.15) is 19.3 Å². The third kappa shape index (κ3) is 3.37. The van der Waals surface area contributed by atoms with Crippen molar-refractivity contribution in [3.63, 3.8) is 0 Å². The Kier molecular flexibility index (Phi) is 3.85. The molecular formula is C13H14F2N2. The van der Waals surface area contributed by atoms with Crippen LogP contribution in [0.15, 0.2) is 35.5 Å². The molecule has 0 aliphatic heterocycles. The highest BCUT2D eigenvalue weighted by molar-refractivity contribution is 5.63. The lowest BCUT2D eigenvalue weighted by molar-refractivity contribution is 0.585. The van der Waals surface area contributed by atoms with Crippen LogP contribution in [0, 0.1) is 17.6 Å². The molecule has 4 heteroatoms. The van der Waals surface area contributed by atoms with Crippen molar-refractivity contribution in [1.82, 2.24) is 0 Å². The molecule has 1 aliphatic carbocycles. The van der Waals surface area contributed by atoms with E-state index in [0.29, 0.717) is 5.92 Å². The maximum atomic E-state index is 13.2. The van der Waals surface area contributed by atoms with E-state index in [9.17, 15) is 8.78 Å². The molecule has 2 nitrogen and oxygen atoms in total. The first-order valence-corrected chi connectivity index (χ1v) is 5.65. The van der Waals surface area contributed by atoms with Gasteiger partial charge in [0.25, 0.3) is 0 Å². The van der Waals surface area contributed by atoms with Gasteiger partial charge in [-0.05, 0) is 37.3 Å². The summed E-state index contributed by atoms with van der Waals surface area (Å²) < 4.78 is 25.9. The van der Waals surface area contributed by atoms with Crippen LogP contribution in [0.5, 0.6) is 0 Å². The molecule has 1 aliphatic rings. The average Bonchev–Trinajstić information content (AvgIpc) is 2.33. The number of nitrogens with zero attached hydrogens (tertiary/aromatic N) is 1. The number of halogens is 2. The minimum Gasteiger partial charge on any atom is -0.276 e. The van der Waals surface area contributed by atoms with Crippen LogP contribution in [-0.2, 0) is 0 Å². The standard InChI is InChI=1S/C13H14F2N2/c14-11-6-7-13(12(15)8-11)17-16-9-10-4-2-1-3-5-10/h1-2,6-10,17H,3-5H2/b16-9-/t10-/m1/s1. The van der Waals surface area contributed by atoms with E-state index in [4.69, 9.17) is 0 Å². The van der Waals surface area contributed by atoms with Crippen LogP contribution in [0.2, 0.25) is 0 Å². The molecule has 0 radical (unpaired) electrons. The van der Waals surface area contributed by atoms with Crippen molar-refractivity contribution in [1.29, 1.82) is 0 Å². The molecule has 2 rings (SSSR count). The van der Waals surface area contributed by atoms with Crippen molar-refractivity contribution >= 4 is 11.9 Å². The van der Waals surface area contributed by atoms with Gasteiger partial charge in [0, 0.05) is 12.3 Å². The first kappa shape index (κ1) is 11.8. The zero-order chi connectivity index (χ0) is 12.1. The minimum atomic E-state index is -0.634. The van der Waals surface area contributed by atoms with Gasteiger partial charge < -0.3 is 0 Å². The largest absolute Gasteiger partial charge is 0.276 e. The second-order valence-corrected chi connectivity index (χ2v) is 4.06. The van der Waals surface area contributed by atoms with E-state index in [1.807, 2.05) is 0 Å². The molecule has 0 fully saturated rings. The summed E-state index contributed by atoms with van der Waals surface area (Å²) in [6.07, 6.45) is 9.15. The van der Waals surface area contributed by atoms with E-state index in [0.717, 1.165) is 25.3 Å². The fraction of sp³-hybridized carbons (Fsp3) is 0.308. The molecule has 0 bridgehead atoms. The van der Waals surface area contributed by atoms with Crippen LogP contribution in [-0.4, -0.2) is 6.21 Å². The first-order valence-electron chi connectivity index (χ1n) is 5.65. The fourth-order valence-corrected chi connectivity index (χ4v) is 1.74. The van der Waals surface area contributed by atoms with E-state index in [-0.39, 0.29) is 5.69 Å². The fourth-order valence-electron chi connectivity index (χ4n) is 1.74. The summed E-state index contributed by atoms with van der Waals surface area (Å²) in [5.41, 5.74) is 2.78. The third-order valence-corrected chi connectivity index (χ3v) is 2.71. The summed E-state index contributed by atoms with van der Waals surface area (Å²) in [6.45, 7) is 0. The Morgan fingerprint density at radius 2 is 2.18 bits per heavy atom. The lowest BCUT2D eigenvalue weighted by atomic mass is 9.96. The van der Waals surface area contributed by atoms with Gasteiger partial charge in [-0.15, -0.1) is 0 Å². The second kappa shape index (κ2) is 5.57. The number of hydrogen-bond donors (Lipinski definition) is 1. The van der Waals surface area contributed by atoms with Gasteiger partial charge in [0.05, 0.1) is 5.69 Å². The Hall–Kier alpha value is -1.71. The smallest absolute Gasteiger partial charge is 0.151 e. The van der Waals surface area contributed by atoms with Gasteiger partial charge in [-0.1, -0.05) is 12.2 Å². The molecule has 90 valence electrons. The maximum absolute atomic E-state index is 13.2. The predicted molar refractivity (Wildman–Crippen MR) is 65.0 cm³/mol. The van der Waals surface area contributed by atoms with Crippen molar-refractivity contribution in [3.05, 3.63) is 42.0 Å². The monoisotopic (exact) mass is 236 g/mol. The molecule has 0 heterocycles. The van der Waals surface area contributed by atoms with Crippen molar-refractivity contribution in [2.24, 2.45) is 11.0 Å². The number of hydrogen-bond acceptors (Lipinski definition) is 2. The Labute approximate surface area is 99.0 Å². The number of nitrogens with one attached hydrogen (secondary N) is 1. The highest BCUT2D eigenvalue weighted by Crippen LogP contribution is 2.17. The van der Waals surface area contributed by atoms with Gasteiger partial charge >= 0.3 is 0 Å². The molecule has 1 aromatic carbocycles. The van der Waals surface area contributed by atoms with Gasteiger partial charge in [0.15, 0.2) is 5.82 Å². The van der Waals surface area contributed by atoms with Gasteiger partial charge in [-0.25, -0.2) is 8.78 Å². The number of anilines is 1. The Bertz CT molecular complexity index is 441. The highest BCUT2D eigenvalue weighted by Gasteiger charge is 2.06. The van der Waals surface area contributed by atoms with Crippen LogP contribution < -0.4 is 5.43 Å². The number of hydrazone groups is 1. The van der Waals surface area contributed by atoms with Gasteiger partial charge in [0.2, 0.25) is 0 Å². The molecular weight excluding hydrogens is 222 g/mol. The lowest BCUT2D eigenvalue weighted by Gasteiger charge is -2.12. The molecule has 0 amide bonds. The Morgan fingerprint density at radius 1 is 1.29 bits per heavy atom. The maximum Gasteiger partial charge on any atom is 0.151 e. The SMILES string of the molecule is Fc1ccc(N/N=C\[C@@H]2CC=CCC2)c(F)c1. The molecule has 0 saturated carbocycles. The van der Waals surface area contributed by atoms with E-state index in [1.165, 1.54) is 12.1 Å². The summed E-state index contributed by atoms with van der Waals surface area (Å²) in [5.74, 6) is -0.823. The molecule has 0 aromatic heterocycles. The third-order valence-electron chi connectivity index (χ3n) is 2.71. The summed E-state index contributed by atoms with van der Waals surface area (Å²) in [5, 5.41) is 3.98. The van der Waals surface area contributed by atoms with Gasteiger partial charge in [-0.3, -0.25) is 5.43 Å². The number of allylic oxidation sites excluding steroid dienone is 2. The summed E-state index contributed by atoms with van der Waals surface area (Å²) >= 11 is 0. The average molecular weight is 236 g/mol. The van der Waals surface area contributed by atoms with Crippen molar-refractivity contribution in [3.8, 4) is 0 Å². The number of rotatable bonds is 3. The van der Waals surface area contributed by atoms with Crippen LogP contribution in [0.3, 0.4) is 0 Å². The molecule has 0 unspecified atom stereocenters. The van der Waals surface area contributed by atoms with Crippen molar-refractivity contribution < 1.29 is 8.78 Å². The van der Waals surface area contributed by atoms with Gasteiger partial charge in [-0.2, -0.15) is 5.10 Å². The quantitative estimate of drug-likeness (QED) is 0.483. The summed E-state index contributed by atoms with van der Waals surface area (Å²) in [6, 6.07) is 3.37. The summed E-state index contributed by atoms with van der Waals surface area (Å²) in [7, 11) is 0. The van der Waals surface area contributed by atoms with Crippen LogP contribution >= 0.6 is 0 Å². The molecule has 17 heavy (non-hydrogen) atoms. The zero-order valence-electron chi connectivity index (χ0n) is 9.37. The van der Waals surface area contributed by atoms with E-state index >= 15 is 0 Å². The molecule has 0 spiro atoms. The molecule has 1 N–H and O–H groups in total.